The summed E-state index contributed by atoms with van der Waals surface area (Å²) < 4.78 is 30.7. The topological polar surface area (TPSA) is 105 Å². The van der Waals surface area contributed by atoms with E-state index >= 15 is 0 Å². The molecule has 1 aromatic heterocycles. The van der Waals surface area contributed by atoms with Crippen LogP contribution in [0.3, 0.4) is 0 Å². The van der Waals surface area contributed by atoms with Gasteiger partial charge in [0.2, 0.25) is 10.0 Å². The Bertz CT molecular complexity index is 724. The molecule has 2 fully saturated rings. The van der Waals surface area contributed by atoms with Gasteiger partial charge in [-0.25, -0.2) is 22.7 Å². The monoisotopic (exact) mass is 397 g/mol. The second kappa shape index (κ2) is 9.05. The summed E-state index contributed by atoms with van der Waals surface area (Å²) in [6.07, 6.45) is 6.81. The van der Waals surface area contributed by atoms with E-state index in [9.17, 15) is 13.2 Å². The van der Waals surface area contributed by atoms with Gasteiger partial charge in [0.25, 0.3) is 5.91 Å². The van der Waals surface area contributed by atoms with E-state index in [2.05, 4.69) is 20.2 Å². The molecule has 1 amide bonds. The van der Waals surface area contributed by atoms with E-state index < -0.39 is 10.0 Å². The molecule has 9 nitrogen and oxygen atoms in total. The Balaban J connectivity index is 1.60. The third kappa shape index (κ3) is 5.44. The number of nitrogens with one attached hydrogen (secondary N) is 1. The molecule has 3 heterocycles. The largest absolute Gasteiger partial charge is 0.381 e. The van der Waals surface area contributed by atoms with Crippen LogP contribution >= 0.6 is 0 Å². The number of hydrogen-bond acceptors (Lipinski definition) is 7. The van der Waals surface area contributed by atoms with Gasteiger partial charge in [0.1, 0.15) is 12.0 Å². The molecule has 150 valence electrons. The normalized spacial score (nSPS) is 22.2. The van der Waals surface area contributed by atoms with E-state index in [-0.39, 0.29) is 11.9 Å². The Morgan fingerprint density at radius 3 is 2.74 bits per heavy atom. The predicted molar refractivity (Wildman–Crippen MR) is 99.7 cm³/mol. The highest BCUT2D eigenvalue weighted by molar-refractivity contribution is 7.88. The van der Waals surface area contributed by atoms with Gasteiger partial charge in [0.15, 0.2) is 0 Å². The van der Waals surface area contributed by atoms with Crippen LogP contribution in [0.4, 0.5) is 0 Å². The minimum atomic E-state index is -3.17. The number of carbonyl (C=O) groups is 1. The van der Waals surface area contributed by atoms with E-state index in [4.69, 9.17) is 4.74 Å². The molecule has 2 saturated heterocycles. The second-order valence-corrected chi connectivity index (χ2v) is 8.98. The van der Waals surface area contributed by atoms with E-state index in [0.717, 1.165) is 32.5 Å². The average molecular weight is 398 g/mol. The zero-order valence-electron chi connectivity index (χ0n) is 15.6. The maximum absolute atomic E-state index is 12.2. The minimum absolute atomic E-state index is 0.166. The summed E-state index contributed by atoms with van der Waals surface area (Å²) in [5, 5.41) is 2.90. The summed E-state index contributed by atoms with van der Waals surface area (Å²) in [5.74, 6) is -0.228. The number of aromatic nitrogens is 2. The summed E-state index contributed by atoms with van der Waals surface area (Å²) in [5.41, 5.74) is 0.340. The predicted octanol–water partition coefficient (Wildman–Crippen LogP) is -0.279. The number of amides is 1. The van der Waals surface area contributed by atoms with Crippen molar-refractivity contribution < 1.29 is 17.9 Å². The molecule has 2 aliphatic rings. The fraction of sp³-hybridized carbons (Fsp3) is 0.706. The maximum atomic E-state index is 12.2. The summed E-state index contributed by atoms with van der Waals surface area (Å²) in [6, 6.07) is 2.09. The molecule has 0 bridgehead atoms. The van der Waals surface area contributed by atoms with Gasteiger partial charge in [-0.1, -0.05) is 0 Å². The van der Waals surface area contributed by atoms with Crippen molar-refractivity contribution in [1.82, 2.24) is 24.5 Å². The number of nitrogens with zero attached hydrogens (tertiary/aromatic N) is 4. The van der Waals surface area contributed by atoms with Gasteiger partial charge in [0.05, 0.1) is 6.26 Å². The molecule has 0 radical (unpaired) electrons. The van der Waals surface area contributed by atoms with Crippen LogP contribution in [0.15, 0.2) is 18.6 Å². The van der Waals surface area contributed by atoms with Gasteiger partial charge in [-0.15, -0.1) is 0 Å². The number of hydrogen-bond donors (Lipinski definition) is 1. The number of ether oxygens (including phenoxy) is 1. The van der Waals surface area contributed by atoms with Crippen molar-refractivity contribution >= 4 is 15.9 Å². The number of sulfonamides is 1. The lowest BCUT2D eigenvalue weighted by molar-refractivity contribution is 0.0194. The van der Waals surface area contributed by atoms with Gasteiger partial charge in [-0.3, -0.25) is 9.69 Å². The third-order valence-electron chi connectivity index (χ3n) is 5.19. The van der Waals surface area contributed by atoms with E-state index in [1.54, 1.807) is 10.4 Å². The summed E-state index contributed by atoms with van der Waals surface area (Å²) in [7, 11) is -3.17. The lowest BCUT2D eigenvalue weighted by atomic mass is 10.0. The standard InChI is InChI=1S/C17H27N5O4S/c1-27(24,25)21-8-3-15(12-21)22(14-4-10-26-11-5-14)9-7-19-17(23)16-2-6-18-13-20-16/h2,6,13-15H,3-5,7-12H2,1H3,(H,19,23). The zero-order valence-corrected chi connectivity index (χ0v) is 16.4. The fourth-order valence-corrected chi connectivity index (χ4v) is 4.66. The van der Waals surface area contributed by atoms with Crippen LogP contribution in [0.2, 0.25) is 0 Å². The Kier molecular flexibility index (Phi) is 6.74. The molecular formula is C17H27N5O4S. The van der Waals surface area contributed by atoms with Crippen LogP contribution < -0.4 is 5.32 Å². The molecule has 1 unspecified atom stereocenters. The molecule has 3 rings (SSSR count). The Morgan fingerprint density at radius 1 is 1.33 bits per heavy atom. The first-order valence-electron chi connectivity index (χ1n) is 9.28. The summed E-state index contributed by atoms with van der Waals surface area (Å²) in [4.78, 5) is 22.3. The first kappa shape index (κ1) is 20.1. The van der Waals surface area contributed by atoms with Gasteiger partial charge in [-0.2, -0.15) is 0 Å². The first-order valence-corrected chi connectivity index (χ1v) is 11.1. The van der Waals surface area contributed by atoms with Crippen molar-refractivity contribution in [2.75, 3.05) is 45.6 Å². The van der Waals surface area contributed by atoms with E-state index in [0.29, 0.717) is 37.9 Å². The molecule has 27 heavy (non-hydrogen) atoms. The lowest BCUT2D eigenvalue weighted by Gasteiger charge is -2.38. The maximum Gasteiger partial charge on any atom is 0.270 e. The fourth-order valence-electron chi connectivity index (χ4n) is 3.78. The van der Waals surface area contributed by atoms with Gasteiger partial charge in [-0.05, 0) is 25.3 Å². The highest BCUT2D eigenvalue weighted by Gasteiger charge is 2.35. The smallest absolute Gasteiger partial charge is 0.270 e. The molecule has 0 aliphatic carbocycles. The number of rotatable bonds is 7. The second-order valence-electron chi connectivity index (χ2n) is 7.00. The summed E-state index contributed by atoms with van der Waals surface area (Å²) >= 11 is 0. The molecular weight excluding hydrogens is 370 g/mol. The van der Waals surface area contributed by atoms with Crippen LogP contribution in [0.25, 0.3) is 0 Å². The van der Waals surface area contributed by atoms with Gasteiger partial charge < -0.3 is 10.1 Å². The molecule has 2 aliphatic heterocycles. The summed E-state index contributed by atoms with van der Waals surface area (Å²) in [6.45, 7) is 3.65. The Labute approximate surface area is 160 Å². The van der Waals surface area contributed by atoms with Crippen LogP contribution in [-0.4, -0.2) is 91.2 Å². The molecule has 1 aromatic rings. The van der Waals surface area contributed by atoms with Crippen molar-refractivity contribution in [2.24, 2.45) is 0 Å². The Hall–Kier alpha value is -1.62. The van der Waals surface area contributed by atoms with Crippen LogP contribution in [0.5, 0.6) is 0 Å². The first-order chi connectivity index (χ1) is 12.9. The minimum Gasteiger partial charge on any atom is -0.381 e. The van der Waals surface area contributed by atoms with Gasteiger partial charge >= 0.3 is 0 Å². The molecule has 0 aromatic carbocycles. The van der Waals surface area contributed by atoms with Crippen LogP contribution in [0, 0.1) is 0 Å². The molecule has 1 atom stereocenters. The lowest BCUT2D eigenvalue weighted by Crippen LogP contribution is -2.50. The zero-order chi connectivity index (χ0) is 19.3. The van der Waals surface area contributed by atoms with Crippen molar-refractivity contribution in [3.8, 4) is 0 Å². The van der Waals surface area contributed by atoms with Crippen molar-refractivity contribution in [3.05, 3.63) is 24.3 Å². The molecule has 0 spiro atoms. The van der Waals surface area contributed by atoms with Crippen LogP contribution in [-0.2, 0) is 14.8 Å². The third-order valence-corrected chi connectivity index (χ3v) is 6.46. The number of carbonyl (C=O) groups excluding carboxylic acids is 1. The van der Waals surface area contributed by atoms with Crippen LogP contribution in [0.1, 0.15) is 29.8 Å². The SMILES string of the molecule is CS(=O)(=O)N1CCC(N(CCNC(=O)c2ccncn2)C2CCOCC2)C1. The van der Waals surface area contributed by atoms with Crippen molar-refractivity contribution in [2.45, 2.75) is 31.3 Å². The van der Waals surface area contributed by atoms with Crippen molar-refractivity contribution in [3.63, 3.8) is 0 Å². The van der Waals surface area contributed by atoms with E-state index in [1.165, 1.54) is 18.8 Å². The van der Waals surface area contributed by atoms with Crippen molar-refractivity contribution in [1.29, 1.82) is 0 Å². The molecule has 10 heteroatoms. The average Bonchev–Trinajstić information content (AvgIpc) is 3.17. The molecule has 0 saturated carbocycles. The quantitative estimate of drug-likeness (QED) is 0.675. The highest BCUT2D eigenvalue weighted by atomic mass is 32.2. The van der Waals surface area contributed by atoms with E-state index in [1.807, 2.05) is 0 Å². The highest BCUT2D eigenvalue weighted by Crippen LogP contribution is 2.24. The molecule has 1 N–H and O–H groups in total. The Morgan fingerprint density at radius 2 is 2.11 bits per heavy atom. The van der Waals surface area contributed by atoms with Gasteiger partial charge in [0, 0.05) is 57.7 Å².